The molecule has 0 radical (unpaired) electrons. The number of aromatic nitrogens is 2. The summed E-state index contributed by atoms with van der Waals surface area (Å²) in [5.41, 5.74) is 5.99. The summed E-state index contributed by atoms with van der Waals surface area (Å²) in [5, 5.41) is 7.78. The number of carbonyl (C=O) groups excluding carboxylic acids is 1. The first kappa shape index (κ1) is 28.9. The number of anilines is 2. The van der Waals surface area contributed by atoms with E-state index in [2.05, 4.69) is 33.2 Å². The number of nitrogens with one attached hydrogen (secondary N) is 2. The van der Waals surface area contributed by atoms with Crippen LogP contribution in [0.15, 0.2) is 66.9 Å². The Labute approximate surface area is 254 Å². The molecule has 2 aromatic carbocycles. The van der Waals surface area contributed by atoms with Crippen molar-refractivity contribution in [3.63, 3.8) is 0 Å². The van der Waals surface area contributed by atoms with E-state index >= 15 is 0 Å². The average Bonchev–Trinajstić information content (AvgIpc) is 3.45. The van der Waals surface area contributed by atoms with Gasteiger partial charge in [-0.05, 0) is 86.2 Å². The Kier molecular flexibility index (Phi) is 8.51. The summed E-state index contributed by atoms with van der Waals surface area (Å²) in [7, 11) is 3.11. The van der Waals surface area contributed by atoms with Gasteiger partial charge in [-0.25, -0.2) is 0 Å². The number of aryl methyl sites for hydroxylation is 1. The van der Waals surface area contributed by atoms with Crippen molar-refractivity contribution in [3.8, 4) is 11.4 Å². The largest absolute Gasteiger partial charge is 0.495 e. The van der Waals surface area contributed by atoms with E-state index in [1.165, 1.54) is 7.11 Å². The lowest BCUT2D eigenvalue weighted by Crippen LogP contribution is -2.29. The van der Waals surface area contributed by atoms with Crippen molar-refractivity contribution < 1.29 is 14.3 Å². The molecule has 1 saturated heterocycles. The quantitative estimate of drug-likeness (QED) is 0.219. The minimum atomic E-state index is -0.294. The van der Waals surface area contributed by atoms with Gasteiger partial charge in [-0.2, -0.15) is 0 Å². The smallest absolute Gasteiger partial charge is 0.250 e. The SMILES string of the molecule is COCC(=O)Nc1ccc(N2C(=S)NC(c3ccccn3)C2c2cc(C)n(-c3cc(Cl)ccc3OC)c2C)cc1Cl. The molecular weight excluding hydrogens is 581 g/mol. The van der Waals surface area contributed by atoms with Crippen molar-refractivity contribution >= 4 is 57.8 Å². The lowest BCUT2D eigenvalue weighted by molar-refractivity contribution is -0.119. The van der Waals surface area contributed by atoms with Gasteiger partial charge in [0, 0.05) is 35.4 Å². The van der Waals surface area contributed by atoms with Crippen LogP contribution in [0.5, 0.6) is 5.75 Å². The van der Waals surface area contributed by atoms with Gasteiger partial charge in [0.2, 0.25) is 5.91 Å². The number of ether oxygens (including phenoxy) is 2. The Morgan fingerprint density at radius 1 is 1.10 bits per heavy atom. The molecule has 212 valence electrons. The molecule has 11 heteroatoms. The van der Waals surface area contributed by atoms with Crippen LogP contribution >= 0.6 is 35.4 Å². The summed E-state index contributed by atoms with van der Waals surface area (Å²) in [5.74, 6) is 0.413. The van der Waals surface area contributed by atoms with Crippen LogP contribution < -0.4 is 20.3 Å². The molecule has 1 aliphatic heterocycles. The average molecular weight is 611 g/mol. The van der Waals surface area contributed by atoms with Gasteiger partial charge in [0.05, 0.1) is 41.3 Å². The van der Waals surface area contributed by atoms with E-state index in [9.17, 15) is 4.79 Å². The predicted molar refractivity (Wildman–Crippen MR) is 167 cm³/mol. The molecule has 5 rings (SSSR count). The van der Waals surface area contributed by atoms with Crippen molar-refractivity contribution in [1.29, 1.82) is 0 Å². The highest BCUT2D eigenvalue weighted by Crippen LogP contribution is 2.45. The predicted octanol–water partition coefficient (Wildman–Crippen LogP) is 6.57. The first-order valence-electron chi connectivity index (χ1n) is 12.8. The molecule has 0 aliphatic carbocycles. The van der Waals surface area contributed by atoms with E-state index < -0.39 is 0 Å². The minimum absolute atomic E-state index is 0.0704. The zero-order valence-corrected chi connectivity index (χ0v) is 25.3. The maximum absolute atomic E-state index is 12.1. The molecule has 3 heterocycles. The van der Waals surface area contributed by atoms with Crippen LogP contribution in [0, 0.1) is 13.8 Å². The van der Waals surface area contributed by atoms with Crippen molar-refractivity contribution in [3.05, 3.63) is 99.6 Å². The number of hydrogen-bond acceptors (Lipinski definition) is 5. The van der Waals surface area contributed by atoms with Gasteiger partial charge >= 0.3 is 0 Å². The van der Waals surface area contributed by atoms with E-state index in [1.54, 1.807) is 25.4 Å². The van der Waals surface area contributed by atoms with Crippen molar-refractivity contribution in [1.82, 2.24) is 14.9 Å². The number of carbonyl (C=O) groups is 1. The fourth-order valence-electron chi connectivity index (χ4n) is 5.32. The molecule has 1 amide bonds. The zero-order chi connectivity index (χ0) is 29.3. The Hall–Kier alpha value is -3.63. The summed E-state index contributed by atoms with van der Waals surface area (Å²) in [6.07, 6.45) is 1.77. The maximum Gasteiger partial charge on any atom is 0.250 e. The summed E-state index contributed by atoms with van der Waals surface area (Å²) in [6.45, 7) is 4.05. The number of rotatable bonds is 8. The molecule has 1 aliphatic rings. The highest BCUT2D eigenvalue weighted by Gasteiger charge is 2.42. The molecule has 8 nitrogen and oxygen atoms in total. The number of thiocarbonyl (C=S) groups is 1. The molecular formula is C30H29Cl2N5O3S. The van der Waals surface area contributed by atoms with Crippen LogP contribution in [0.1, 0.15) is 34.7 Å². The lowest BCUT2D eigenvalue weighted by atomic mass is 9.96. The van der Waals surface area contributed by atoms with E-state index in [0.717, 1.165) is 34.0 Å². The second kappa shape index (κ2) is 12.1. The standard InChI is InChI=1S/C30H29Cl2N5O3S/c1-17-13-21(18(2)36(17)25-14-19(31)8-11-26(25)40-4)29-28(24-7-5-6-12-33-24)35-30(41)37(29)20-9-10-23(22(32)15-20)34-27(38)16-39-3/h5-15,28-29H,16H2,1-4H3,(H,34,38)(H,35,41). The molecule has 2 aromatic heterocycles. The number of halogens is 2. The number of amides is 1. The van der Waals surface area contributed by atoms with Gasteiger partial charge in [0.15, 0.2) is 5.11 Å². The third-order valence-electron chi connectivity index (χ3n) is 7.05. The second-order valence-electron chi connectivity index (χ2n) is 9.62. The molecule has 2 unspecified atom stereocenters. The Bertz CT molecular complexity index is 1610. The van der Waals surface area contributed by atoms with E-state index in [0.29, 0.717) is 26.6 Å². The topological polar surface area (TPSA) is 80.7 Å². The fourth-order valence-corrected chi connectivity index (χ4v) is 6.05. The monoisotopic (exact) mass is 609 g/mol. The molecule has 0 saturated carbocycles. The Morgan fingerprint density at radius 3 is 2.59 bits per heavy atom. The molecule has 41 heavy (non-hydrogen) atoms. The number of benzene rings is 2. The van der Waals surface area contributed by atoms with Crippen LogP contribution in [0.3, 0.4) is 0 Å². The van der Waals surface area contributed by atoms with E-state index in [1.807, 2.05) is 54.3 Å². The first-order valence-corrected chi connectivity index (χ1v) is 14.0. The van der Waals surface area contributed by atoms with Gasteiger partial charge in [-0.15, -0.1) is 0 Å². The van der Waals surface area contributed by atoms with Gasteiger partial charge in [-0.3, -0.25) is 9.78 Å². The number of hydrogen-bond donors (Lipinski definition) is 2. The number of pyridine rings is 1. The van der Waals surface area contributed by atoms with Crippen LogP contribution in [-0.4, -0.2) is 41.4 Å². The van der Waals surface area contributed by atoms with Crippen molar-refractivity contribution in [2.45, 2.75) is 25.9 Å². The summed E-state index contributed by atoms with van der Waals surface area (Å²) in [4.78, 5) is 18.8. The highest BCUT2D eigenvalue weighted by molar-refractivity contribution is 7.80. The summed E-state index contributed by atoms with van der Waals surface area (Å²) < 4.78 is 12.7. The molecule has 0 bridgehead atoms. The summed E-state index contributed by atoms with van der Waals surface area (Å²) >= 11 is 19.0. The second-order valence-corrected chi connectivity index (χ2v) is 10.9. The normalized spacial score (nSPS) is 16.5. The fraction of sp³-hybridized carbons (Fsp3) is 0.233. The number of methoxy groups -OCH3 is 2. The number of nitrogens with zero attached hydrogens (tertiary/aromatic N) is 3. The Balaban J connectivity index is 1.63. The zero-order valence-electron chi connectivity index (χ0n) is 22.9. The van der Waals surface area contributed by atoms with Crippen molar-refractivity contribution in [2.75, 3.05) is 31.0 Å². The molecule has 0 spiro atoms. The van der Waals surface area contributed by atoms with Crippen LogP contribution in [0.2, 0.25) is 10.0 Å². The molecule has 2 N–H and O–H groups in total. The first-order chi connectivity index (χ1) is 19.7. The van der Waals surface area contributed by atoms with E-state index in [-0.39, 0.29) is 24.6 Å². The van der Waals surface area contributed by atoms with Crippen molar-refractivity contribution in [2.24, 2.45) is 0 Å². The molecule has 2 atom stereocenters. The maximum atomic E-state index is 12.1. The molecule has 4 aromatic rings. The molecule has 1 fully saturated rings. The van der Waals surface area contributed by atoms with E-state index in [4.69, 9.17) is 44.9 Å². The van der Waals surface area contributed by atoms with Gasteiger partial charge in [0.25, 0.3) is 0 Å². The van der Waals surface area contributed by atoms with Gasteiger partial charge in [0.1, 0.15) is 12.4 Å². The third-order valence-corrected chi connectivity index (χ3v) is 7.91. The highest BCUT2D eigenvalue weighted by atomic mass is 35.5. The van der Waals surface area contributed by atoms with Gasteiger partial charge in [-0.1, -0.05) is 29.3 Å². The van der Waals surface area contributed by atoms with Crippen LogP contribution in [0.25, 0.3) is 5.69 Å². The lowest BCUT2D eigenvalue weighted by Gasteiger charge is -2.28. The third kappa shape index (κ3) is 5.63. The van der Waals surface area contributed by atoms with Crippen LogP contribution in [-0.2, 0) is 9.53 Å². The Morgan fingerprint density at radius 2 is 1.90 bits per heavy atom. The minimum Gasteiger partial charge on any atom is -0.495 e. The van der Waals surface area contributed by atoms with Crippen LogP contribution in [0.4, 0.5) is 11.4 Å². The summed E-state index contributed by atoms with van der Waals surface area (Å²) in [6, 6.07) is 18.5. The van der Waals surface area contributed by atoms with Gasteiger partial charge < -0.3 is 29.6 Å².